The molecule has 0 aliphatic heterocycles. The third-order valence-electron chi connectivity index (χ3n) is 2.86. The molecule has 15 heavy (non-hydrogen) atoms. The lowest BCUT2D eigenvalue weighted by Crippen LogP contribution is -2.46. The van der Waals surface area contributed by atoms with Crippen LogP contribution in [0.25, 0.3) is 0 Å². The summed E-state index contributed by atoms with van der Waals surface area (Å²) in [6, 6.07) is 7.28. The van der Waals surface area contributed by atoms with Gasteiger partial charge in [-0.3, -0.25) is 0 Å². The van der Waals surface area contributed by atoms with Crippen LogP contribution in [0.2, 0.25) is 5.02 Å². The minimum atomic E-state index is -1.09. The molecule has 0 aromatic heterocycles. The van der Waals surface area contributed by atoms with Crippen LogP contribution in [0.15, 0.2) is 24.3 Å². The first-order chi connectivity index (χ1) is 6.83. The molecule has 2 nitrogen and oxygen atoms in total. The SMILES string of the molecule is CC(C)(C)C(O)(CN)c1ccccc1Cl. The van der Waals surface area contributed by atoms with E-state index in [1.807, 2.05) is 39.0 Å². The molecular formula is C12H18ClNO. The zero-order chi connectivity index (χ0) is 11.7. The van der Waals surface area contributed by atoms with Gasteiger partial charge in [0.2, 0.25) is 0 Å². The van der Waals surface area contributed by atoms with Crippen LogP contribution in [0, 0.1) is 5.41 Å². The molecule has 0 fully saturated rings. The summed E-state index contributed by atoms with van der Waals surface area (Å²) >= 11 is 6.08. The van der Waals surface area contributed by atoms with E-state index < -0.39 is 5.60 Å². The Morgan fingerprint density at radius 2 is 1.80 bits per heavy atom. The molecule has 1 rings (SSSR count). The van der Waals surface area contributed by atoms with E-state index in [2.05, 4.69) is 0 Å². The van der Waals surface area contributed by atoms with E-state index >= 15 is 0 Å². The summed E-state index contributed by atoms with van der Waals surface area (Å²) in [7, 11) is 0. The molecule has 0 amide bonds. The zero-order valence-corrected chi connectivity index (χ0v) is 10.2. The summed E-state index contributed by atoms with van der Waals surface area (Å²) in [5.41, 5.74) is 4.94. The molecule has 1 aromatic rings. The zero-order valence-electron chi connectivity index (χ0n) is 9.42. The van der Waals surface area contributed by atoms with Crippen molar-refractivity contribution in [3.8, 4) is 0 Å². The van der Waals surface area contributed by atoms with E-state index in [-0.39, 0.29) is 12.0 Å². The molecule has 1 aromatic carbocycles. The van der Waals surface area contributed by atoms with E-state index in [4.69, 9.17) is 17.3 Å². The van der Waals surface area contributed by atoms with Crippen LogP contribution in [-0.2, 0) is 5.60 Å². The highest BCUT2D eigenvalue weighted by atomic mass is 35.5. The van der Waals surface area contributed by atoms with E-state index in [0.29, 0.717) is 10.6 Å². The number of hydrogen-bond donors (Lipinski definition) is 2. The molecule has 3 heteroatoms. The van der Waals surface area contributed by atoms with Crippen molar-refractivity contribution in [1.29, 1.82) is 0 Å². The number of rotatable bonds is 2. The Morgan fingerprint density at radius 1 is 1.27 bits per heavy atom. The average Bonchev–Trinajstić information content (AvgIpc) is 2.15. The van der Waals surface area contributed by atoms with Crippen molar-refractivity contribution in [3.05, 3.63) is 34.9 Å². The fraction of sp³-hybridized carbons (Fsp3) is 0.500. The molecule has 0 aliphatic carbocycles. The minimum Gasteiger partial charge on any atom is -0.383 e. The molecule has 0 radical (unpaired) electrons. The fourth-order valence-electron chi connectivity index (χ4n) is 1.62. The Labute approximate surface area is 96.1 Å². The first kappa shape index (κ1) is 12.5. The Morgan fingerprint density at radius 3 is 2.20 bits per heavy atom. The van der Waals surface area contributed by atoms with Crippen molar-refractivity contribution in [2.45, 2.75) is 26.4 Å². The lowest BCUT2D eigenvalue weighted by molar-refractivity contribution is -0.0556. The summed E-state index contributed by atoms with van der Waals surface area (Å²) in [4.78, 5) is 0. The van der Waals surface area contributed by atoms with Gasteiger partial charge < -0.3 is 10.8 Å². The molecule has 0 aliphatic rings. The molecular weight excluding hydrogens is 210 g/mol. The number of halogens is 1. The Balaban J connectivity index is 3.30. The van der Waals surface area contributed by atoms with E-state index in [1.165, 1.54) is 0 Å². The van der Waals surface area contributed by atoms with Crippen LogP contribution in [0.5, 0.6) is 0 Å². The first-order valence-corrected chi connectivity index (χ1v) is 5.38. The van der Waals surface area contributed by atoms with Gasteiger partial charge in [0.25, 0.3) is 0 Å². The Hall–Kier alpha value is -0.570. The standard InChI is InChI=1S/C12H18ClNO/c1-11(2,3)12(15,8-14)9-6-4-5-7-10(9)13/h4-7,15H,8,14H2,1-3H3. The van der Waals surface area contributed by atoms with Crippen molar-refractivity contribution in [2.75, 3.05) is 6.54 Å². The number of benzene rings is 1. The van der Waals surface area contributed by atoms with Gasteiger partial charge in [-0.15, -0.1) is 0 Å². The van der Waals surface area contributed by atoms with Gasteiger partial charge in [-0.05, 0) is 11.5 Å². The summed E-state index contributed by atoms with van der Waals surface area (Å²) in [5, 5.41) is 11.2. The molecule has 0 saturated heterocycles. The average molecular weight is 228 g/mol. The quantitative estimate of drug-likeness (QED) is 0.816. The van der Waals surface area contributed by atoms with Gasteiger partial charge in [-0.2, -0.15) is 0 Å². The monoisotopic (exact) mass is 227 g/mol. The van der Waals surface area contributed by atoms with Crippen molar-refractivity contribution >= 4 is 11.6 Å². The van der Waals surface area contributed by atoms with Gasteiger partial charge in [0.05, 0.1) is 0 Å². The molecule has 3 N–H and O–H groups in total. The lowest BCUT2D eigenvalue weighted by Gasteiger charge is -2.40. The first-order valence-electron chi connectivity index (χ1n) is 5.00. The topological polar surface area (TPSA) is 46.2 Å². The second-order valence-electron chi connectivity index (χ2n) is 4.79. The number of nitrogens with two attached hydrogens (primary N) is 1. The van der Waals surface area contributed by atoms with Gasteiger partial charge in [-0.25, -0.2) is 0 Å². The van der Waals surface area contributed by atoms with Gasteiger partial charge in [0, 0.05) is 17.1 Å². The highest BCUT2D eigenvalue weighted by molar-refractivity contribution is 6.31. The van der Waals surface area contributed by atoms with Crippen LogP contribution in [0.3, 0.4) is 0 Å². The molecule has 0 saturated carbocycles. The predicted molar refractivity (Wildman–Crippen MR) is 63.9 cm³/mol. The normalized spacial score (nSPS) is 16.1. The van der Waals surface area contributed by atoms with Crippen molar-refractivity contribution in [2.24, 2.45) is 11.1 Å². The maximum absolute atomic E-state index is 10.6. The maximum Gasteiger partial charge on any atom is 0.108 e. The van der Waals surface area contributed by atoms with Gasteiger partial charge in [0.15, 0.2) is 0 Å². The maximum atomic E-state index is 10.6. The number of hydrogen-bond acceptors (Lipinski definition) is 2. The third-order valence-corrected chi connectivity index (χ3v) is 3.19. The summed E-state index contributed by atoms with van der Waals surface area (Å²) in [6.45, 7) is 6.00. The smallest absolute Gasteiger partial charge is 0.108 e. The van der Waals surface area contributed by atoms with Crippen LogP contribution in [0.4, 0.5) is 0 Å². The summed E-state index contributed by atoms with van der Waals surface area (Å²) in [6.07, 6.45) is 0. The summed E-state index contributed by atoms with van der Waals surface area (Å²) < 4.78 is 0. The summed E-state index contributed by atoms with van der Waals surface area (Å²) in [5.74, 6) is 0. The fourth-order valence-corrected chi connectivity index (χ4v) is 1.91. The third kappa shape index (κ3) is 2.17. The van der Waals surface area contributed by atoms with Gasteiger partial charge in [0.1, 0.15) is 5.60 Å². The molecule has 1 unspecified atom stereocenters. The van der Waals surface area contributed by atoms with E-state index in [1.54, 1.807) is 6.07 Å². The second-order valence-corrected chi connectivity index (χ2v) is 5.20. The molecule has 0 spiro atoms. The predicted octanol–water partition coefficient (Wildman–Crippen LogP) is 2.53. The molecule has 84 valence electrons. The number of aliphatic hydroxyl groups is 1. The van der Waals surface area contributed by atoms with E-state index in [0.717, 1.165) is 0 Å². The van der Waals surface area contributed by atoms with Crippen LogP contribution in [-0.4, -0.2) is 11.7 Å². The lowest BCUT2D eigenvalue weighted by atomic mass is 9.72. The Bertz CT molecular complexity index is 346. The second kappa shape index (κ2) is 4.12. The highest BCUT2D eigenvalue weighted by Crippen LogP contribution is 2.41. The molecule has 0 heterocycles. The van der Waals surface area contributed by atoms with E-state index in [9.17, 15) is 5.11 Å². The van der Waals surface area contributed by atoms with Crippen LogP contribution >= 0.6 is 11.6 Å². The highest BCUT2D eigenvalue weighted by Gasteiger charge is 2.41. The van der Waals surface area contributed by atoms with Gasteiger partial charge in [-0.1, -0.05) is 50.6 Å². The van der Waals surface area contributed by atoms with Crippen LogP contribution < -0.4 is 5.73 Å². The van der Waals surface area contributed by atoms with Crippen molar-refractivity contribution < 1.29 is 5.11 Å². The van der Waals surface area contributed by atoms with Crippen molar-refractivity contribution in [3.63, 3.8) is 0 Å². The molecule has 1 atom stereocenters. The molecule has 0 bridgehead atoms. The van der Waals surface area contributed by atoms with Gasteiger partial charge >= 0.3 is 0 Å². The minimum absolute atomic E-state index is 0.153. The van der Waals surface area contributed by atoms with Crippen LogP contribution in [0.1, 0.15) is 26.3 Å². The van der Waals surface area contributed by atoms with Crippen molar-refractivity contribution in [1.82, 2.24) is 0 Å². The largest absolute Gasteiger partial charge is 0.383 e. The Kier molecular flexibility index (Phi) is 3.44.